The van der Waals surface area contributed by atoms with Crippen molar-refractivity contribution in [2.45, 2.75) is 40.5 Å². The first kappa shape index (κ1) is 20.2. The fourth-order valence-electron chi connectivity index (χ4n) is 4.87. The van der Waals surface area contributed by atoms with Crippen LogP contribution < -0.4 is 4.90 Å². The normalized spacial score (nSPS) is 21.2. The van der Waals surface area contributed by atoms with Gasteiger partial charge in [-0.3, -0.25) is 10.1 Å². The molecule has 1 aliphatic heterocycles. The van der Waals surface area contributed by atoms with E-state index < -0.39 is 6.09 Å². The number of nitrogens with zero attached hydrogens (tertiary/aromatic N) is 3. The molecular formula is C21H29N3O4. The molecule has 0 unspecified atom stereocenters. The summed E-state index contributed by atoms with van der Waals surface area (Å²) in [5.41, 5.74) is 3.21. The van der Waals surface area contributed by atoms with Crippen LogP contribution in [-0.2, 0) is 0 Å². The molecule has 0 atom stereocenters. The Morgan fingerprint density at radius 1 is 1.14 bits per heavy atom. The Balaban J connectivity index is 2.02. The van der Waals surface area contributed by atoms with Gasteiger partial charge in [-0.2, -0.15) is 0 Å². The molecule has 0 bridgehead atoms. The van der Waals surface area contributed by atoms with Crippen molar-refractivity contribution in [3.05, 3.63) is 40.0 Å². The molecule has 1 N–H and O–H groups in total. The second-order valence-electron chi connectivity index (χ2n) is 9.39. The highest BCUT2D eigenvalue weighted by Crippen LogP contribution is 2.49. The van der Waals surface area contributed by atoms with E-state index in [9.17, 15) is 20.0 Å². The number of benzene rings is 1. The van der Waals surface area contributed by atoms with Gasteiger partial charge in [0, 0.05) is 49.6 Å². The molecule has 7 nitrogen and oxygen atoms in total. The van der Waals surface area contributed by atoms with Gasteiger partial charge in [0.1, 0.15) is 0 Å². The Morgan fingerprint density at radius 2 is 1.79 bits per heavy atom. The van der Waals surface area contributed by atoms with E-state index in [0.29, 0.717) is 26.2 Å². The average Bonchev–Trinajstić information content (AvgIpc) is 2.58. The molecule has 1 aliphatic carbocycles. The van der Waals surface area contributed by atoms with Crippen molar-refractivity contribution in [3.8, 4) is 0 Å². The summed E-state index contributed by atoms with van der Waals surface area (Å²) >= 11 is 0. The predicted octanol–water partition coefficient (Wildman–Crippen LogP) is 4.62. The highest BCUT2D eigenvalue weighted by Gasteiger charge is 2.35. The number of amides is 1. The van der Waals surface area contributed by atoms with Crippen LogP contribution in [0.2, 0.25) is 0 Å². The summed E-state index contributed by atoms with van der Waals surface area (Å²) in [5.74, 6) is 0. The van der Waals surface area contributed by atoms with Crippen molar-refractivity contribution in [2.75, 3.05) is 31.1 Å². The number of nitro benzene ring substituents is 1. The molecule has 1 aromatic rings. The van der Waals surface area contributed by atoms with Crippen molar-refractivity contribution in [1.82, 2.24) is 4.90 Å². The average molecular weight is 387 g/mol. The van der Waals surface area contributed by atoms with Gasteiger partial charge in [-0.25, -0.2) is 4.79 Å². The highest BCUT2D eigenvalue weighted by atomic mass is 16.6. The minimum Gasteiger partial charge on any atom is -0.465 e. The van der Waals surface area contributed by atoms with Crippen LogP contribution in [0.1, 0.15) is 46.1 Å². The van der Waals surface area contributed by atoms with Gasteiger partial charge in [0.2, 0.25) is 0 Å². The molecule has 28 heavy (non-hydrogen) atoms. The standard InChI is InChI=1S/C21H29N3O4/c1-20(2)12-15(13-21(3,4)14-20)17-11-16(24(27)28)5-6-18(17)22-7-9-23(10-8-22)19(25)26/h5-6,11-12H,7-10,13-14H2,1-4H3,(H,25,26). The second-order valence-corrected chi connectivity index (χ2v) is 9.39. The van der Waals surface area contributed by atoms with Crippen LogP contribution in [0.5, 0.6) is 0 Å². The summed E-state index contributed by atoms with van der Waals surface area (Å²) in [5, 5.41) is 20.6. The minimum absolute atomic E-state index is 0.0149. The van der Waals surface area contributed by atoms with Gasteiger partial charge in [0.15, 0.2) is 0 Å². The van der Waals surface area contributed by atoms with Gasteiger partial charge in [0.05, 0.1) is 4.92 Å². The van der Waals surface area contributed by atoms with Crippen LogP contribution in [0.15, 0.2) is 24.3 Å². The zero-order valence-electron chi connectivity index (χ0n) is 17.1. The van der Waals surface area contributed by atoms with Crippen LogP contribution in [0.4, 0.5) is 16.2 Å². The van der Waals surface area contributed by atoms with Crippen molar-refractivity contribution in [3.63, 3.8) is 0 Å². The van der Waals surface area contributed by atoms with Gasteiger partial charge in [-0.05, 0) is 35.3 Å². The van der Waals surface area contributed by atoms with Gasteiger partial charge in [-0.15, -0.1) is 0 Å². The molecule has 0 aromatic heterocycles. The highest BCUT2D eigenvalue weighted by molar-refractivity contribution is 5.80. The Hall–Kier alpha value is -2.57. The third kappa shape index (κ3) is 4.29. The minimum atomic E-state index is -0.901. The Kier molecular flexibility index (Phi) is 5.12. The first-order chi connectivity index (χ1) is 13.0. The van der Waals surface area contributed by atoms with E-state index >= 15 is 0 Å². The zero-order chi connectivity index (χ0) is 20.7. The van der Waals surface area contributed by atoms with E-state index in [2.05, 4.69) is 38.7 Å². The number of nitro groups is 1. The molecular weight excluding hydrogens is 358 g/mol. The smallest absolute Gasteiger partial charge is 0.407 e. The lowest BCUT2D eigenvalue weighted by Crippen LogP contribution is -2.48. The summed E-state index contributed by atoms with van der Waals surface area (Å²) < 4.78 is 0. The van der Waals surface area contributed by atoms with Crippen molar-refractivity contribution < 1.29 is 14.8 Å². The second kappa shape index (κ2) is 7.11. The topological polar surface area (TPSA) is 86.9 Å². The lowest BCUT2D eigenvalue weighted by Gasteiger charge is -2.41. The first-order valence-electron chi connectivity index (χ1n) is 9.71. The molecule has 0 spiro atoms. The predicted molar refractivity (Wildman–Crippen MR) is 110 cm³/mol. The fraction of sp³-hybridized carbons (Fsp3) is 0.571. The van der Waals surface area contributed by atoms with Crippen molar-refractivity contribution in [2.24, 2.45) is 10.8 Å². The number of piperazine rings is 1. The number of carboxylic acid groups (broad SMARTS) is 1. The van der Waals surface area contributed by atoms with E-state index in [0.717, 1.165) is 29.7 Å². The van der Waals surface area contributed by atoms with E-state index in [-0.39, 0.29) is 21.4 Å². The van der Waals surface area contributed by atoms with E-state index in [1.807, 2.05) is 6.07 Å². The molecule has 1 heterocycles. The Labute approximate surface area is 165 Å². The number of rotatable bonds is 3. The summed E-state index contributed by atoms with van der Waals surface area (Å²) in [6.07, 6.45) is 3.28. The van der Waals surface area contributed by atoms with Gasteiger partial charge in [0.25, 0.3) is 5.69 Å². The first-order valence-corrected chi connectivity index (χ1v) is 9.71. The third-order valence-electron chi connectivity index (χ3n) is 5.60. The molecule has 3 rings (SSSR count). The molecule has 0 radical (unpaired) electrons. The summed E-state index contributed by atoms with van der Waals surface area (Å²) in [6.45, 7) is 10.9. The van der Waals surface area contributed by atoms with Crippen LogP contribution >= 0.6 is 0 Å². The van der Waals surface area contributed by atoms with Crippen LogP contribution in [0.3, 0.4) is 0 Å². The molecule has 2 aliphatic rings. The number of anilines is 1. The SMILES string of the molecule is CC1(C)C=C(c2cc([N+](=O)[O-])ccc2N2CCN(C(=O)O)CC2)CC(C)(C)C1. The maximum Gasteiger partial charge on any atom is 0.407 e. The molecule has 152 valence electrons. The number of hydrogen-bond acceptors (Lipinski definition) is 4. The molecule has 1 saturated heterocycles. The van der Waals surface area contributed by atoms with E-state index in [1.54, 1.807) is 12.1 Å². The van der Waals surface area contributed by atoms with Gasteiger partial charge in [-0.1, -0.05) is 33.8 Å². The number of carbonyl (C=O) groups is 1. The van der Waals surface area contributed by atoms with E-state index in [1.165, 1.54) is 4.90 Å². The Morgan fingerprint density at radius 3 is 2.32 bits per heavy atom. The maximum absolute atomic E-state index is 11.4. The molecule has 1 aromatic carbocycles. The fourth-order valence-corrected chi connectivity index (χ4v) is 4.87. The van der Waals surface area contributed by atoms with Crippen LogP contribution in [0.25, 0.3) is 5.57 Å². The molecule has 7 heteroatoms. The monoisotopic (exact) mass is 387 g/mol. The lowest BCUT2D eigenvalue weighted by atomic mass is 9.65. The Bertz CT molecular complexity index is 821. The van der Waals surface area contributed by atoms with Crippen molar-refractivity contribution >= 4 is 23.0 Å². The number of allylic oxidation sites excluding steroid dienone is 2. The van der Waals surface area contributed by atoms with Gasteiger partial charge < -0.3 is 14.9 Å². The lowest BCUT2D eigenvalue weighted by molar-refractivity contribution is -0.384. The summed E-state index contributed by atoms with van der Waals surface area (Å²) in [7, 11) is 0. The quantitative estimate of drug-likeness (QED) is 0.604. The van der Waals surface area contributed by atoms with Crippen LogP contribution in [0, 0.1) is 20.9 Å². The molecule has 1 fully saturated rings. The van der Waals surface area contributed by atoms with Crippen LogP contribution in [-0.4, -0.2) is 47.2 Å². The summed E-state index contributed by atoms with van der Waals surface area (Å²) in [6, 6.07) is 5.05. The third-order valence-corrected chi connectivity index (χ3v) is 5.60. The largest absolute Gasteiger partial charge is 0.465 e. The molecule has 0 saturated carbocycles. The van der Waals surface area contributed by atoms with E-state index in [4.69, 9.17) is 0 Å². The zero-order valence-corrected chi connectivity index (χ0v) is 17.1. The van der Waals surface area contributed by atoms with Crippen molar-refractivity contribution in [1.29, 1.82) is 0 Å². The molecule has 1 amide bonds. The number of non-ortho nitro benzene ring substituents is 1. The summed E-state index contributed by atoms with van der Waals surface area (Å²) in [4.78, 5) is 25.8. The maximum atomic E-state index is 11.4. The van der Waals surface area contributed by atoms with Gasteiger partial charge >= 0.3 is 6.09 Å². The number of hydrogen-bond donors (Lipinski definition) is 1.